The Hall–Kier alpha value is -1.09. The lowest BCUT2D eigenvalue weighted by atomic mass is 10.0. The maximum atomic E-state index is 11.7. The van der Waals surface area contributed by atoms with Gasteiger partial charge in [-0.15, -0.1) is 0 Å². The number of aliphatic hydroxyl groups excluding tert-OH is 1. The first kappa shape index (κ1) is 23.0. The van der Waals surface area contributed by atoms with E-state index in [9.17, 15) is 9.90 Å². The van der Waals surface area contributed by atoms with Gasteiger partial charge in [-0.1, -0.05) is 82.1 Å². The van der Waals surface area contributed by atoms with Gasteiger partial charge in [0.15, 0.2) is 0 Å². The van der Waals surface area contributed by atoms with Crippen LogP contribution in [0.15, 0.2) is 24.3 Å². The van der Waals surface area contributed by atoms with E-state index >= 15 is 0 Å². The molecule has 0 amide bonds. The second kappa shape index (κ2) is 17.3. The van der Waals surface area contributed by atoms with Crippen LogP contribution in [0.25, 0.3) is 0 Å². The van der Waals surface area contributed by atoms with Crippen molar-refractivity contribution in [2.24, 2.45) is 0 Å². The largest absolute Gasteiger partial charge is 0.465 e. The molecule has 0 fully saturated rings. The van der Waals surface area contributed by atoms with E-state index < -0.39 is 6.10 Å². The number of carbonyl (C=O) groups is 1. The molecule has 0 bridgehead atoms. The molecule has 0 saturated carbocycles. The molecule has 0 aliphatic carbocycles. The highest BCUT2D eigenvalue weighted by Crippen LogP contribution is 2.14. The summed E-state index contributed by atoms with van der Waals surface area (Å²) in [5.74, 6) is -0.275. The fraction of sp³-hybridized carbons (Fsp3) is 0.783. The van der Waals surface area contributed by atoms with E-state index in [1.165, 1.54) is 57.8 Å². The van der Waals surface area contributed by atoms with Crippen LogP contribution in [0, 0.1) is 0 Å². The molecule has 1 heterocycles. The number of hydrogen-bond acceptors (Lipinski definition) is 3. The van der Waals surface area contributed by atoms with Gasteiger partial charge in [-0.2, -0.15) is 0 Å². The van der Waals surface area contributed by atoms with Gasteiger partial charge >= 0.3 is 5.97 Å². The minimum Gasteiger partial charge on any atom is -0.465 e. The molecule has 1 unspecified atom stereocenters. The lowest BCUT2D eigenvalue weighted by Gasteiger charge is -2.10. The Bertz CT molecular complexity index is 387. The summed E-state index contributed by atoms with van der Waals surface area (Å²) in [5, 5.41) is 9.93. The minimum atomic E-state index is -0.546. The van der Waals surface area contributed by atoms with Crippen molar-refractivity contribution >= 4 is 5.97 Å². The standard InChI is InChI=1S/C23H40O3/c24-22-19-17-15-13-11-9-7-5-3-1-2-4-6-8-10-12-14-16-18-20-26-23(25)21-22/h6,8,14,16,22,24H,1-5,7,9-13,15,17-21H2/b8-6+,16-14+. The fourth-order valence-electron chi connectivity index (χ4n) is 3.31. The first-order valence-electron chi connectivity index (χ1n) is 10.9. The topological polar surface area (TPSA) is 46.5 Å². The van der Waals surface area contributed by atoms with Crippen molar-refractivity contribution in [1.29, 1.82) is 0 Å². The van der Waals surface area contributed by atoms with Gasteiger partial charge in [0, 0.05) is 0 Å². The van der Waals surface area contributed by atoms with E-state index in [0.29, 0.717) is 13.0 Å². The van der Waals surface area contributed by atoms with Crippen LogP contribution in [-0.4, -0.2) is 23.8 Å². The quantitative estimate of drug-likeness (QED) is 0.408. The maximum Gasteiger partial charge on any atom is 0.308 e. The van der Waals surface area contributed by atoms with Crippen LogP contribution in [0.4, 0.5) is 0 Å². The summed E-state index contributed by atoms with van der Waals surface area (Å²) in [7, 11) is 0. The van der Waals surface area contributed by atoms with Crippen LogP contribution < -0.4 is 0 Å². The molecule has 1 aliphatic rings. The lowest BCUT2D eigenvalue weighted by Crippen LogP contribution is -2.16. The number of esters is 1. The molecule has 0 aromatic rings. The highest BCUT2D eigenvalue weighted by molar-refractivity contribution is 5.69. The summed E-state index contributed by atoms with van der Waals surface area (Å²) < 4.78 is 5.19. The first-order valence-corrected chi connectivity index (χ1v) is 10.9. The zero-order valence-corrected chi connectivity index (χ0v) is 16.7. The molecular formula is C23H40O3. The highest BCUT2D eigenvalue weighted by atomic mass is 16.5. The van der Waals surface area contributed by atoms with Gasteiger partial charge in [-0.05, 0) is 38.5 Å². The summed E-state index contributed by atoms with van der Waals surface area (Å²) >= 11 is 0. The summed E-state index contributed by atoms with van der Waals surface area (Å²) in [5.41, 5.74) is 0. The number of hydrogen-bond donors (Lipinski definition) is 1. The normalized spacial score (nSPS) is 27.0. The molecule has 1 N–H and O–H groups in total. The van der Waals surface area contributed by atoms with Gasteiger partial charge in [-0.3, -0.25) is 4.79 Å². The zero-order chi connectivity index (χ0) is 18.7. The molecule has 0 saturated heterocycles. The van der Waals surface area contributed by atoms with Gasteiger partial charge < -0.3 is 9.84 Å². The van der Waals surface area contributed by atoms with Gasteiger partial charge in [0.05, 0.1) is 19.1 Å². The van der Waals surface area contributed by atoms with Crippen molar-refractivity contribution in [3.8, 4) is 0 Å². The van der Waals surface area contributed by atoms with Gasteiger partial charge in [-0.25, -0.2) is 0 Å². The van der Waals surface area contributed by atoms with E-state index in [4.69, 9.17) is 4.74 Å². The lowest BCUT2D eigenvalue weighted by molar-refractivity contribution is -0.145. The number of cyclic esters (lactones) is 1. The molecule has 0 aromatic heterocycles. The van der Waals surface area contributed by atoms with E-state index in [1.807, 2.05) is 0 Å². The number of allylic oxidation sites excluding steroid dienone is 3. The molecule has 3 heteroatoms. The van der Waals surface area contributed by atoms with Crippen LogP contribution in [0.5, 0.6) is 0 Å². The highest BCUT2D eigenvalue weighted by Gasteiger charge is 2.11. The summed E-state index contributed by atoms with van der Waals surface area (Å²) in [4.78, 5) is 11.7. The van der Waals surface area contributed by atoms with Gasteiger partial charge in [0.25, 0.3) is 0 Å². The smallest absolute Gasteiger partial charge is 0.308 e. The second-order valence-electron chi connectivity index (χ2n) is 7.50. The van der Waals surface area contributed by atoms with Crippen molar-refractivity contribution in [3.05, 3.63) is 24.3 Å². The Morgan fingerprint density at radius 2 is 1.19 bits per heavy atom. The van der Waals surface area contributed by atoms with Crippen LogP contribution >= 0.6 is 0 Å². The number of rotatable bonds is 0. The van der Waals surface area contributed by atoms with E-state index in [0.717, 1.165) is 32.1 Å². The molecule has 1 rings (SSSR count). The fourth-order valence-corrected chi connectivity index (χ4v) is 3.31. The van der Waals surface area contributed by atoms with Crippen LogP contribution in [0.3, 0.4) is 0 Å². The summed E-state index contributed by atoms with van der Waals surface area (Å²) in [6.45, 7) is 0.415. The summed E-state index contributed by atoms with van der Waals surface area (Å²) in [6.07, 6.45) is 26.1. The third kappa shape index (κ3) is 15.2. The van der Waals surface area contributed by atoms with Crippen LogP contribution in [0.2, 0.25) is 0 Å². The average Bonchev–Trinajstić information content (AvgIpc) is 2.62. The minimum absolute atomic E-state index is 0.133. The Morgan fingerprint density at radius 1 is 0.692 bits per heavy atom. The number of aliphatic hydroxyl groups is 1. The molecule has 1 aliphatic heterocycles. The van der Waals surface area contributed by atoms with Crippen molar-refractivity contribution in [1.82, 2.24) is 0 Å². The predicted octanol–water partition coefficient (Wildman–Crippen LogP) is 6.26. The SMILES string of the molecule is O=C1CC(O)CCCCCCCCCCCC/C=C/CC/C=C/CCO1. The van der Waals surface area contributed by atoms with Crippen LogP contribution in [0.1, 0.15) is 103 Å². The number of carbonyl (C=O) groups excluding carboxylic acids is 1. The van der Waals surface area contributed by atoms with Gasteiger partial charge in [0.2, 0.25) is 0 Å². The molecule has 150 valence electrons. The Morgan fingerprint density at radius 3 is 1.85 bits per heavy atom. The van der Waals surface area contributed by atoms with E-state index in [2.05, 4.69) is 24.3 Å². The monoisotopic (exact) mass is 364 g/mol. The first-order chi connectivity index (χ1) is 12.8. The average molecular weight is 365 g/mol. The van der Waals surface area contributed by atoms with Crippen molar-refractivity contribution in [2.45, 2.75) is 109 Å². The molecule has 0 aromatic carbocycles. The Balaban J connectivity index is 2.24. The molecule has 3 nitrogen and oxygen atoms in total. The third-order valence-corrected chi connectivity index (χ3v) is 4.94. The molecule has 0 radical (unpaired) electrons. The van der Waals surface area contributed by atoms with E-state index in [-0.39, 0.29) is 12.4 Å². The van der Waals surface area contributed by atoms with E-state index in [1.54, 1.807) is 0 Å². The molecular weight excluding hydrogens is 324 g/mol. The zero-order valence-electron chi connectivity index (χ0n) is 16.7. The van der Waals surface area contributed by atoms with Gasteiger partial charge in [0.1, 0.15) is 0 Å². The van der Waals surface area contributed by atoms with Crippen molar-refractivity contribution in [3.63, 3.8) is 0 Å². The van der Waals surface area contributed by atoms with Crippen molar-refractivity contribution < 1.29 is 14.6 Å². The van der Waals surface area contributed by atoms with Crippen molar-refractivity contribution in [2.75, 3.05) is 6.61 Å². The second-order valence-corrected chi connectivity index (χ2v) is 7.50. The Kier molecular flexibility index (Phi) is 15.3. The molecule has 26 heavy (non-hydrogen) atoms. The molecule has 0 spiro atoms. The summed E-state index contributed by atoms with van der Waals surface area (Å²) in [6, 6.07) is 0. The number of ether oxygens (including phenoxy) is 1. The third-order valence-electron chi connectivity index (χ3n) is 4.94. The molecule has 1 atom stereocenters. The Labute approximate surface area is 160 Å². The van der Waals surface area contributed by atoms with Crippen LogP contribution in [-0.2, 0) is 9.53 Å². The predicted molar refractivity (Wildman–Crippen MR) is 109 cm³/mol. The maximum absolute atomic E-state index is 11.7.